The second-order valence-electron chi connectivity index (χ2n) is 5.41. The van der Waals surface area contributed by atoms with Gasteiger partial charge in [0.15, 0.2) is 0 Å². The summed E-state index contributed by atoms with van der Waals surface area (Å²) < 4.78 is 0. The highest BCUT2D eigenvalue weighted by Gasteiger charge is 2.54. The predicted molar refractivity (Wildman–Crippen MR) is 66.6 cm³/mol. The van der Waals surface area contributed by atoms with Gasteiger partial charge in [0.25, 0.3) is 0 Å². The second kappa shape index (κ2) is 3.34. The van der Waals surface area contributed by atoms with Gasteiger partial charge in [0, 0.05) is 5.92 Å². The molecular formula is C14H14N2O2. The summed E-state index contributed by atoms with van der Waals surface area (Å²) in [5.41, 5.74) is 1.74. The molecule has 18 heavy (non-hydrogen) atoms. The van der Waals surface area contributed by atoms with Gasteiger partial charge in [0.2, 0.25) is 0 Å². The topological polar surface area (TPSA) is 66.0 Å². The van der Waals surface area contributed by atoms with E-state index in [1.807, 2.05) is 6.07 Å². The average molecular weight is 242 g/mol. The van der Waals surface area contributed by atoms with Gasteiger partial charge in [-0.25, -0.2) is 9.78 Å². The summed E-state index contributed by atoms with van der Waals surface area (Å²) in [5.74, 6) is 2.22. The molecule has 0 saturated heterocycles. The smallest absolute Gasteiger partial charge is 0.337 e. The summed E-state index contributed by atoms with van der Waals surface area (Å²) in [5, 5.41) is 9.15. The zero-order valence-electron chi connectivity index (χ0n) is 9.89. The third kappa shape index (κ3) is 1.26. The van der Waals surface area contributed by atoms with E-state index >= 15 is 0 Å². The molecule has 0 aliphatic heterocycles. The fraction of sp³-hybridized carbons (Fsp3) is 0.429. The lowest BCUT2D eigenvalue weighted by Gasteiger charge is -1.97. The Bertz CT molecular complexity index is 636. The number of H-pyrrole nitrogens is 1. The van der Waals surface area contributed by atoms with Crippen molar-refractivity contribution in [2.45, 2.75) is 25.2 Å². The number of hydrogen-bond acceptors (Lipinski definition) is 2. The number of carboxylic acids is 1. The highest BCUT2D eigenvalue weighted by atomic mass is 16.4. The van der Waals surface area contributed by atoms with Crippen LogP contribution in [0.2, 0.25) is 0 Å². The van der Waals surface area contributed by atoms with E-state index in [0.29, 0.717) is 17.0 Å². The fourth-order valence-corrected chi connectivity index (χ4v) is 3.61. The summed E-state index contributed by atoms with van der Waals surface area (Å²) >= 11 is 0. The van der Waals surface area contributed by atoms with Gasteiger partial charge in [0.1, 0.15) is 11.3 Å². The molecule has 2 saturated carbocycles. The van der Waals surface area contributed by atoms with E-state index in [4.69, 9.17) is 5.11 Å². The Kier molecular flexibility index (Phi) is 1.88. The first-order valence-electron chi connectivity index (χ1n) is 6.47. The maximum Gasteiger partial charge on any atom is 0.337 e. The first kappa shape index (κ1) is 10.1. The Labute approximate surface area is 104 Å². The highest BCUT2D eigenvalue weighted by Crippen LogP contribution is 2.62. The normalized spacial score (nSPS) is 29.4. The number of imidazole rings is 1. The van der Waals surface area contributed by atoms with E-state index in [2.05, 4.69) is 9.97 Å². The van der Waals surface area contributed by atoms with Crippen molar-refractivity contribution < 1.29 is 9.90 Å². The number of nitrogens with zero attached hydrogens (tertiary/aromatic N) is 1. The Morgan fingerprint density at radius 2 is 2.11 bits per heavy atom. The monoisotopic (exact) mass is 242 g/mol. The Morgan fingerprint density at radius 3 is 2.83 bits per heavy atom. The molecule has 4 heteroatoms. The molecular weight excluding hydrogens is 228 g/mol. The second-order valence-corrected chi connectivity index (χ2v) is 5.41. The molecule has 0 amide bonds. The summed E-state index contributed by atoms with van der Waals surface area (Å²) in [7, 11) is 0. The van der Waals surface area contributed by atoms with Crippen LogP contribution in [0, 0.1) is 11.8 Å². The van der Waals surface area contributed by atoms with Gasteiger partial charge in [-0.3, -0.25) is 0 Å². The molecule has 2 aliphatic carbocycles. The lowest BCUT2D eigenvalue weighted by molar-refractivity contribution is 0.0699. The average Bonchev–Trinajstić information content (AvgIpc) is 2.78. The number of hydrogen-bond donors (Lipinski definition) is 2. The number of carbonyl (C=O) groups is 1. The van der Waals surface area contributed by atoms with Crippen LogP contribution in [-0.2, 0) is 0 Å². The van der Waals surface area contributed by atoms with Gasteiger partial charge in [-0.05, 0) is 36.8 Å². The van der Waals surface area contributed by atoms with Crippen LogP contribution in [0.15, 0.2) is 18.2 Å². The molecule has 0 bridgehead atoms. The highest BCUT2D eigenvalue weighted by molar-refractivity contribution is 6.00. The molecule has 1 aromatic heterocycles. The third-order valence-electron chi connectivity index (χ3n) is 4.48. The summed E-state index contributed by atoms with van der Waals surface area (Å²) in [6.45, 7) is 0. The van der Waals surface area contributed by atoms with Crippen LogP contribution in [0.4, 0.5) is 0 Å². The number of para-hydroxylation sites is 1. The van der Waals surface area contributed by atoms with Crippen LogP contribution >= 0.6 is 0 Å². The molecule has 92 valence electrons. The van der Waals surface area contributed by atoms with Crippen molar-refractivity contribution in [1.82, 2.24) is 9.97 Å². The lowest BCUT2D eigenvalue weighted by Crippen LogP contribution is -1.97. The minimum absolute atomic E-state index is 0.292. The number of rotatable bonds is 2. The van der Waals surface area contributed by atoms with Gasteiger partial charge >= 0.3 is 5.97 Å². The van der Waals surface area contributed by atoms with Crippen LogP contribution in [0.3, 0.4) is 0 Å². The standard InChI is InChI=1S/C14H14N2O2/c17-14(18)9-5-2-6-10-12(9)16-13(15-10)11-7-3-1-4-8(7)11/h2,5-8,11H,1,3-4H2,(H,15,16)(H,17,18). The number of carboxylic acid groups (broad SMARTS) is 1. The SMILES string of the molecule is O=C(O)c1cccc2[nH]c(C3C4CCCC43)nc12. The van der Waals surface area contributed by atoms with E-state index in [1.165, 1.54) is 19.3 Å². The molecule has 2 atom stereocenters. The van der Waals surface area contributed by atoms with Crippen LogP contribution in [0.1, 0.15) is 41.4 Å². The summed E-state index contributed by atoms with van der Waals surface area (Å²) in [4.78, 5) is 19.0. The number of benzene rings is 1. The zero-order chi connectivity index (χ0) is 12.3. The molecule has 2 aromatic rings. The largest absolute Gasteiger partial charge is 0.478 e. The molecule has 0 radical (unpaired) electrons. The molecule has 2 aliphatic rings. The minimum atomic E-state index is -0.908. The maximum absolute atomic E-state index is 11.2. The third-order valence-corrected chi connectivity index (χ3v) is 4.48. The van der Waals surface area contributed by atoms with E-state index in [-0.39, 0.29) is 0 Å². The van der Waals surface area contributed by atoms with Gasteiger partial charge < -0.3 is 10.1 Å². The van der Waals surface area contributed by atoms with Crippen molar-refractivity contribution in [3.63, 3.8) is 0 Å². The molecule has 2 fully saturated rings. The first-order chi connectivity index (χ1) is 8.75. The van der Waals surface area contributed by atoms with Gasteiger partial charge in [0.05, 0.1) is 11.1 Å². The number of aromatic amines is 1. The fourth-order valence-electron chi connectivity index (χ4n) is 3.61. The van der Waals surface area contributed by atoms with E-state index < -0.39 is 5.97 Å². The quantitative estimate of drug-likeness (QED) is 0.851. The molecule has 0 spiro atoms. The Balaban J connectivity index is 1.80. The number of aromatic carboxylic acids is 1. The van der Waals surface area contributed by atoms with Crippen LogP contribution in [0.25, 0.3) is 11.0 Å². The summed E-state index contributed by atoms with van der Waals surface area (Å²) in [6, 6.07) is 5.28. The maximum atomic E-state index is 11.2. The van der Waals surface area contributed by atoms with E-state index in [1.54, 1.807) is 12.1 Å². The van der Waals surface area contributed by atoms with Crippen LogP contribution in [0.5, 0.6) is 0 Å². The van der Waals surface area contributed by atoms with Crippen molar-refractivity contribution in [2.75, 3.05) is 0 Å². The molecule has 1 aromatic carbocycles. The van der Waals surface area contributed by atoms with E-state index in [9.17, 15) is 4.79 Å². The Hall–Kier alpha value is -1.84. The Morgan fingerprint density at radius 1 is 1.33 bits per heavy atom. The predicted octanol–water partition coefficient (Wildman–Crippen LogP) is 2.77. The van der Waals surface area contributed by atoms with Crippen molar-refractivity contribution >= 4 is 17.0 Å². The van der Waals surface area contributed by atoms with Gasteiger partial charge in [-0.1, -0.05) is 12.5 Å². The number of fused-ring (bicyclic) bond motifs is 2. The molecule has 2 N–H and O–H groups in total. The zero-order valence-corrected chi connectivity index (χ0v) is 9.89. The van der Waals surface area contributed by atoms with Crippen molar-refractivity contribution in [1.29, 1.82) is 0 Å². The van der Waals surface area contributed by atoms with E-state index in [0.717, 1.165) is 23.2 Å². The summed E-state index contributed by atoms with van der Waals surface area (Å²) in [6.07, 6.45) is 3.95. The van der Waals surface area contributed by atoms with Crippen molar-refractivity contribution in [2.24, 2.45) is 11.8 Å². The lowest BCUT2D eigenvalue weighted by atomic mass is 10.1. The van der Waals surface area contributed by atoms with Crippen molar-refractivity contribution in [3.05, 3.63) is 29.6 Å². The molecule has 4 nitrogen and oxygen atoms in total. The van der Waals surface area contributed by atoms with Gasteiger partial charge in [-0.15, -0.1) is 0 Å². The first-order valence-corrected chi connectivity index (χ1v) is 6.47. The van der Waals surface area contributed by atoms with Gasteiger partial charge in [-0.2, -0.15) is 0 Å². The molecule has 4 rings (SSSR count). The van der Waals surface area contributed by atoms with Crippen LogP contribution < -0.4 is 0 Å². The number of nitrogens with one attached hydrogen (secondary N) is 1. The van der Waals surface area contributed by atoms with Crippen LogP contribution in [-0.4, -0.2) is 21.0 Å². The molecule has 2 unspecified atom stereocenters. The number of aromatic nitrogens is 2. The minimum Gasteiger partial charge on any atom is -0.478 e. The van der Waals surface area contributed by atoms with Crippen molar-refractivity contribution in [3.8, 4) is 0 Å². The molecule has 1 heterocycles.